The molecule has 0 bridgehead atoms. The fourth-order valence-corrected chi connectivity index (χ4v) is 2.42. The van der Waals surface area contributed by atoms with Gasteiger partial charge < -0.3 is 20.5 Å². The quantitative estimate of drug-likeness (QED) is 0.570. The van der Waals surface area contributed by atoms with Gasteiger partial charge in [-0.05, 0) is 42.2 Å². The zero-order valence-corrected chi connectivity index (χ0v) is 14.6. The van der Waals surface area contributed by atoms with Gasteiger partial charge in [-0.3, -0.25) is 4.99 Å². The molecule has 0 heterocycles. The van der Waals surface area contributed by atoms with Crippen molar-refractivity contribution in [2.75, 3.05) is 27.3 Å². The second-order valence-electron chi connectivity index (χ2n) is 5.47. The standard InChI is InChI=1S/C19H24FN3O2/c1-24-17-8-7-14(13-18(17)25-2)9-11-22-19(21)23-12-10-15-5-3-4-6-16(15)20/h3-8,13H,9-12H2,1-2H3,(H3,21,22,23). The van der Waals surface area contributed by atoms with E-state index in [0.29, 0.717) is 42.5 Å². The van der Waals surface area contributed by atoms with Crippen LogP contribution in [0.2, 0.25) is 0 Å². The molecule has 0 aliphatic rings. The summed E-state index contributed by atoms with van der Waals surface area (Å²) in [5, 5.41) is 3.06. The Kier molecular flexibility index (Phi) is 7.07. The van der Waals surface area contributed by atoms with Gasteiger partial charge in [0.15, 0.2) is 17.5 Å². The van der Waals surface area contributed by atoms with Gasteiger partial charge in [-0.1, -0.05) is 24.3 Å². The molecule has 2 aromatic carbocycles. The maximum Gasteiger partial charge on any atom is 0.188 e. The largest absolute Gasteiger partial charge is 0.493 e. The first-order valence-electron chi connectivity index (χ1n) is 8.12. The highest BCUT2D eigenvalue weighted by molar-refractivity contribution is 5.77. The first-order chi connectivity index (χ1) is 12.1. The van der Waals surface area contributed by atoms with E-state index in [1.54, 1.807) is 26.4 Å². The smallest absolute Gasteiger partial charge is 0.188 e. The maximum absolute atomic E-state index is 13.5. The number of aliphatic imine (C=N–C) groups is 1. The van der Waals surface area contributed by atoms with E-state index in [9.17, 15) is 4.39 Å². The van der Waals surface area contributed by atoms with Crippen molar-refractivity contribution >= 4 is 5.96 Å². The summed E-state index contributed by atoms with van der Waals surface area (Å²) in [7, 11) is 3.22. The highest BCUT2D eigenvalue weighted by Gasteiger charge is 2.04. The van der Waals surface area contributed by atoms with Gasteiger partial charge in [-0.25, -0.2) is 4.39 Å². The number of ether oxygens (including phenoxy) is 2. The molecule has 0 unspecified atom stereocenters. The van der Waals surface area contributed by atoms with Gasteiger partial charge in [0.2, 0.25) is 0 Å². The van der Waals surface area contributed by atoms with Crippen LogP contribution in [0.25, 0.3) is 0 Å². The molecule has 0 fully saturated rings. The van der Waals surface area contributed by atoms with Crippen LogP contribution in [0.5, 0.6) is 11.5 Å². The molecule has 25 heavy (non-hydrogen) atoms. The SMILES string of the molecule is COc1ccc(CCNC(N)=NCCc2ccccc2F)cc1OC. The molecule has 0 aliphatic heterocycles. The number of hydrogen-bond donors (Lipinski definition) is 2. The molecule has 0 aromatic heterocycles. The van der Waals surface area contributed by atoms with Crippen LogP contribution in [0.1, 0.15) is 11.1 Å². The molecule has 134 valence electrons. The van der Waals surface area contributed by atoms with Crippen molar-refractivity contribution in [3.05, 3.63) is 59.4 Å². The molecule has 0 amide bonds. The van der Waals surface area contributed by atoms with Crippen LogP contribution in [-0.4, -0.2) is 33.3 Å². The second-order valence-corrected chi connectivity index (χ2v) is 5.47. The van der Waals surface area contributed by atoms with E-state index in [0.717, 1.165) is 12.0 Å². The minimum atomic E-state index is -0.210. The highest BCUT2D eigenvalue weighted by Crippen LogP contribution is 2.27. The average Bonchev–Trinajstić information content (AvgIpc) is 2.63. The zero-order valence-electron chi connectivity index (χ0n) is 14.6. The van der Waals surface area contributed by atoms with Crippen molar-refractivity contribution in [2.24, 2.45) is 10.7 Å². The third kappa shape index (κ3) is 5.67. The number of nitrogens with one attached hydrogen (secondary N) is 1. The fourth-order valence-electron chi connectivity index (χ4n) is 2.42. The predicted octanol–water partition coefficient (Wildman–Crippen LogP) is 2.53. The second kappa shape index (κ2) is 9.52. The lowest BCUT2D eigenvalue weighted by atomic mass is 10.1. The molecule has 0 saturated carbocycles. The van der Waals surface area contributed by atoms with Gasteiger partial charge >= 0.3 is 0 Å². The van der Waals surface area contributed by atoms with Crippen molar-refractivity contribution < 1.29 is 13.9 Å². The van der Waals surface area contributed by atoms with E-state index in [2.05, 4.69) is 10.3 Å². The van der Waals surface area contributed by atoms with Crippen molar-refractivity contribution in [2.45, 2.75) is 12.8 Å². The van der Waals surface area contributed by atoms with Gasteiger partial charge in [0.25, 0.3) is 0 Å². The monoisotopic (exact) mass is 345 g/mol. The summed E-state index contributed by atoms with van der Waals surface area (Å²) in [6, 6.07) is 12.5. The lowest BCUT2D eigenvalue weighted by molar-refractivity contribution is 0.354. The van der Waals surface area contributed by atoms with Crippen LogP contribution >= 0.6 is 0 Å². The molecule has 0 saturated heterocycles. The minimum Gasteiger partial charge on any atom is -0.493 e. The molecule has 6 heteroatoms. The molecule has 0 aliphatic carbocycles. The first-order valence-corrected chi connectivity index (χ1v) is 8.12. The third-order valence-electron chi connectivity index (χ3n) is 3.79. The lowest BCUT2D eigenvalue weighted by Crippen LogP contribution is -2.33. The van der Waals surface area contributed by atoms with E-state index in [4.69, 9.17) is 15.2 Å². The highest BCUT2D eigenvalue weighted by atomic mass is 19.1. The number of nitrogens with two attached hydrogens (primary N) is 1. The van der Waals surface area contributed by atoms with Gasteiger partial charge in [0.05, 0.1) is 14.2 Å². The zero-order chi connectivity index (χ0) is 18.1. The molecule has 0 spiro atoms. The minimum absolute atomic E-state index is 0.210. The van der Waals surface area contributed by atoms with Gasteiger partial charge in [0.1, 0.15) is 5.82 Å². The average molecular weight is 345 g/mol. The summed E-state index contributed by atoms with van der Waals surface area (Å²) in [6.07, 6.45) is 1.29. The number of guanidine groups is 1. The molecular formula is C19H24FN3O2. The Morgan fingerprint density at radius 3 is 2.56 bits per heavy atom. The van der Waals surface area contributed by atoms with E-state index in [1.807, 2.05) is 24.3 Å². The summed E-state index contributed by atoms with van der Waals surface area (Å²) in [6.45, 7) is 1.08. The van der Waals surface area contributed by atoms with Crippen LogP contribution in [0, 0.1) is 5.82 Å². The van der Waals surface area contributed by atoms with E-state index in [-0.39, 0.29) is 5.82 Å². The first kappa shape index (κ1) is 18.6. The molecule has 2 rings (SSSR count). The number of benzene rings is 2. The maximum atomic E-state index is 13.5. The number of rotatable bonds is 8. The van der Waals surface area contributed by atoms with Crippen LogP contribution < -0.4 is 20.5 Å². The molecule has 0 radical (unpaired) electrons. The van der Waals surface area contributed by atoms with Crippen LogP contribution in [-0.2, 0) is 12.8 Å². The van der Waals surface area contributed by atoms with Gasteiger partial charge in [-0.15, -0.1) is 0 Å². The van der Waals surface area contributed by atoms with E-state index in [1.165, 1.54) is 6.07 Å². The molecule has 2 aromatic rings. The Bertz CT molecular complexity index is 720. The molecule has 0 atom stereocenters. The summed E-state index contributed by atoms with van der Waals surface area (Å²) in [4.78, 5) is 4.22. The van der Waals surface area contributed by atoms with Crippen molar-refractivity contribution in [3.8, 4) is 11.5 Å². The third-order valence-corrected chi connectivity index (χ3v) is 3.79. The van der Waals surface area contributed by atoms with Crippen molar-refractivity contribution in [3.63, 3.8) is 0 Å². The predicted molar refractivity (Wildman–Crippen MR) is 97.8 cm³/mol. The summed E-state index contributed by atoms with van der Waals surface area (Å²) in [5.74, 6) is 1.55. The van der Waals surface area contributed by atoms with Crippen molar-refractivity contribution in [1.29, 1.82) is 0 Å². The topological polar surface area (TPSA) is 68.9 Å². The number of nitrogens with zero attached hydrogens (tertiary/aromatic N) is 1. The Hall–Kier alpha value is -2.76. The summed E-state index contributed by atoms with van der Waals surface area (Å²) in [5.41, 5.74) is 7.59. The fraction of sp³-hybridized carbons (Fsp3) is 0.316. The van der Waals surface area contributed by atoms with E-state index < -0.39 is 0 Å². The lowest BCUT2D eigenvalue weighted by Gasteiger charge is -2.10. The number of halogens is 1. The van der Waals surface area contributed by atoms with Gasteiger partial charge in [0, 0.05) is 13.1 Å². The Balaban J connectivity index is 1.78. The summed E-state index contributed by atoms with van der Waals surface area (Å²) >= 11 is 0. The Morgan fingerprint density at radius 1 is 1.08 bits per heavy atom. The van der Waals surface area contributed by atoms with Crippen LogP contribution in [0.3, 0.4) is 0 Å². The number of hydrogen-bond acceptors (Lipinski definition) is 3. The molecular weight excluding hydrogens is 321 g/mol. The molecule has 3 N–H and O–H groups in total. The normalized spacial score (nSPS) is 11.2. The van der Waals surface area contributed by atoms with E-state index >= 15 is 0 Å². The van der Waals surface area contributed by atoms with Crippen LogP contribution in [0.15, 0.2) is 47.5 Å². The number of methoxy groups -OCH3 is 2. The van der Waals surface area contributed by atoms with Gasteiger partial charge in [-0.2, -0.15) is 0 Å². The molecule has 5 nitrogen and oxygen atoms in total. The Labute approximate surface area is 147 Å². The Morgan fingerprint density at radius 2 is 1.84 bits per heavy atom. The van der Waals surface area contributed by atoms with Crippen LogP contribution in [0.4, 0.5) is 4.39 Å². The van der Waals surface area contributed by atoms with Crippen molar-refractivity contribution in [1.82, 2.24) is 5.32 Å². The summed E-state index contributed by atoms with van der Waals surface area (Å²) < 4.78 is 24.0.